The lowest BCUT2D eigenvalue weighted by atomic mass is 10.1. The molecule has 1 aliphatic rings. The number of nitrogens with zero attached hydrogens (tertiary/aromatic N) is 1. The highest BCUT2D eigenvalue weighted by molar-refractivity contribution is 5.31. The third kappa shape index (κ3) is 4.06. The lowest BCUT2D eigenvalue weighted by Crippen LogP contribution is -2.45. The quantitative estimate of drug-likeness (QED) is 0.815. The molecule has 0 spiro atoms. The van der Waals surface area contributed by atoms with Crippen LogP contribution in [-0.4, -0.2) is 44.2 Å². The molecule has 0 bridgehead atoms. The average molecular weight is 237 g/mol. The van der Waals surface area contributed by atoms with Crippen molar-refractivity contribution in [2.75, 3.05) is 44.6 Å². The molecule has 2 N–H and O–H groups in total. The van der Waals surface area contributed by atoms with Crippen LogP contribution in [0.5, 0.6) is 0 Å². The van der Waals surface area contributed by atoms with Crippen molar-refractivity contribution in [2.45, 2.75) is 13.8 Å². The van der Waals surface area contributed by atoms with E-state index in [-0.39, 0.29) is 0 Å². The minimum atomic E-state index is 0.638. The van der Waals surface area contributed by atoms with Gasteiger partial charge in [0.25, 0.3) is 0 Å². The predicted octanol–water partition coefficient (Wildman–Crippen LogP) is 1.54. The van der Waals surface area contributed by atoms with Crippen LogP contribution in [-0.2, 0) is 0 Å². The van der Waals surface area contributed by atoms with Crippen molar-refractivity contribution in [2.24, 2.45) is 5.92 Å². The van der Waals surface area contributed by atoms with Crippen LogP contribution >= 0.6 is 0 Å². The minimum absolute atomic E-state index is 0.638. The van der Waals surface area contributed by atoms with Gasteiger partial charge in [0.2, 0.25) is 0 Å². The minimum Gasteiger partial charge on any atom is -0.446 e. The SMILES string of the molecule is Cc1ccc(NCC(C)CN2CCNCC2)o1. The fourth-order valence-electron chi connectivity index (χ4n) is 2.20. The van der Waals surface area contributed by atoms with E-state index in [1.165, 1.54) is 13.1 Å². The van der Waals surface area contributed by atoms with Crippen molar-refractivity contribution in [1.82, 2.24) is 10.2 Å². The summed E-state index contributed by atoms with van der Waals surface area (Å²) in [6.07, 6.45) is 0. The van der Waals surface area contributed by atoms with Gasteiger partial charge in [-0.25, -0.2) is 0 Å². The van der Waals surface area contributed by atoms with Gasteiger partial charge in [-0.2, -0.15) is 0 Å². The van der Waals surface area contributed by atoms with Crippen molar-refractivity contribution in [3.63, 3.8) is 0 Å². The molecular formula is C13H23N3O. The van der Waals surface area contributed by atoms with E-state index < -0.39 is 0 Å². The second-order valence-corrected chi connectivity index (χ2v) is 4.95. The van der Waals surface area contributed by atoms with E-state index in [0.29, 0.717) is 5.92 Å². The van der Waals surface area contributed by atoms with Gasteiger partial charge in [-0.05, 0) is 18.9 Å². The number of rotatable bonds is 5. The van der Waals surface area contributed by atoms with Crippen LogP contribution in [0.15, 0.2) is 16.5 Å². The molecule has 17 heavy (non-hydrogen) atoms. The van der Waals surface area contributed by atoms with Crippen molar-refractivity contribution >= 4 is 5.88 Å². The monoisotopic (exact) mass is 237 g/mol. The van der Waals surface area contributed by atoms with Crippen LogP contribution in [0.4, 0.5) is 5.88 Å². The fourth-order valence-corrected chi connectivity index (χ4v) is 2.20. The summed E-state index contributed by atoms with van der Waals surface area (Å²) >= 11 is 0. The molecule has 0 saturated carbocycles. The Hall–Kier alpha value is -1.00. The third-order valence-corrected chi connectivity index (χ3v) is 3.14. The smallest absolute Gasteiger partial charge is 0.193 e. The molecular weight excluding hydrogens is 214 g/mol. The standard InChI is InChI=1S/C13H23N3O/c1-11(10-16-7-5-14-6-8-16)9-15-13-4-3-12(2)17-13/h3-4,11,14-15H,5-10H2,1-2H3. The van der Waals surface area contributed by atoms with E-state index >= 15 is 0 Å². The highest BCUT2D eigenvalue weighted by Gasteiger charge is 2.13. The predicted molar refractivity (Wildman–Crippen MR) is 70.4 cm³/mol. The van der Waals surface area contributed by atoms with Crippen LogP contribution in [0.25, 0.3) is 0 Å². The van der Waals surface area contributed by atoms with Crippen LogP contribution < -0.4 is 10.6 Å². The summed E-state index contributed by atoms with van der Waals surface area (Å²) in [7, 11) is 0. The van der Waals surface area contributed by atoms with E-state index in [1.807, 2.05) is 19.1 Å². The zero-order valence-electron chi connectivity index (χ0n) is 10.8. The molecule has 4 heteroatoms. The van der Waals surface area contributed by atoms with Gasteiger partial charge in [0, 0.05) is 45.3 Å². The third-order valence-electron chi connectivity index (χ3n) is 3.14. The number of furan rings is 1. The van der Waals surface area contributed by atoms with Crippen LogP contribution in [0.3, 0.4) is 0 Å². The van der Waals surface area contributed by atoms with Gasteiger partial charge in [0.15, 0.2) is 5.88 Å². The Morgan fingerprint density at radius 2 is 2.18 bits per heavy atom. The van der Waals surface area contributed by atoms with Gasteiger partial charge in [-0.1, -0.05) is 6.92 Å². The molecule has 1 unspecified atom stereocenters. The highest BCUT2D eigenvalue weighted by Crippen LogP contribution is 2.12. The summed E-state index contributed by atoms with van der Waals surface area (Å²) < 4.78 is 5.49. The molecule has 1 aliphatic heterocycles. The summed E-state index contributed by atoms with van der Waals surface area (Å²) in [5, 5.41) is 6.72. The summed E-state index contributed by atoms with van der Waals surface area (Å²) in [4.78, 5) is 2.52. The summed E-state index contributed by atoms with van der Waals surface area (Å²) in [5.41, 5.74) is 0. The molecule has 1 aromatic rings. The van der Waals surface area contributed by atoms with Crippen molar-refractivity contribution in [3.8, 4) is 0 Å². The van der Waals surface area contributed by atoms with Gasteiger partial charge < -0.3 is 20.0 Å². The number of piperazine rings is 1. The fraction of sp³-hybridized carbons (Fsp3) is 0.692. The van der Waals surface area contributed by atoms with Crippen LogP contribution in [0.2, 0.25) is 0 Å². The second-order valence-electron chi connectivity index (χ2n) is 4.95. The molecule has 1 atom stereocenters. The van der Waals surface area contributed by atoms with Crippen LogP contribution in [0, 0.1) is 12.8 Å². The maximum absolute atomic E-state index is 5.49. The zero-order valence-corrected chi connectivity index (χ0v) is 10.8. The van der Waals surface area contributed by atoms with Gasteiger partial charge in [-0.3, -0.25) is 0 Å². The van der Waals surface area contributed by atoms with Crippen molar-refractivity contribution in [1.29, 1.82) is 0 Å². The van der Waals surface area contributed by atoms with E-state index in [2.05, 4.69) is 22.5 Å². The first-order chi connectivity index (χ1) is 8.24. The number of nitrogens with one attached hydrogen (secondary N) is 2. The molecule has 2 heterocycles. The molecule has 0 aromatic carbocycles. The van der Waals surface area contributed by atoms with E-state index in [0.717, 1.165) is 37.8 Å². The topological polar surface area (TPSA) is 40.4 Å². The number of hydrogen-bond acceptors (Lipinski definition) is 4. The summed E-state index contributed by atoms with van der Waals surface area (Å²) in [6.45, 7) is 11.0. The largest absolute Gasteiger partial charge is 0.446 e. The average Bonchev–Trinajstić information content (AvgIpc) is 2.74. The Morgan fingerprint density at radius 3 is 2.82 bits per heavy atom. The van der Waals surface area contributed by atoms with Gasteiger partial charge >= 0.3 is 0 Å². The molecule has 96 valence electrons. The first-order valence-electron chi connectivity index (χ1n) is 6.47. The van der Waals surface area contributed by atoms with Crippen molar-refractivity contribution < 1.29 is 4.42 Å². The normalized spacial score (nSPS) is 19.2. The van der Waals surface area contributed by atoms with E-state index in [1.54, 1.807) is 0 Å². The van der Waals surface area contributed by atoms with Gasteiger partial charge in [-0.15, -0.1) is 0 Å². The lowest BCUT2D eigenvalue weighted by Gasteiger charge is -2.29. The number of hydrogen-bond donors (Lipinski definition) is 2. The first kappa shape index (κ1) is 12.5. The summed E-state index contributed by atoms with van der Waals surface area (Å²) in [5.74, 6) is 2.48. The first-order valence-corrected chi connectivity index (χ1v) is 6.47. The molecule has 1 saturated heterocycles. The van der Waals surface area contributed by atoms with E-state index in [9.17, 15) is 0 Å². The molecule has 4 nitrogen and oxygen atoms in total. The number of anilines is 1. The molecule has 0 amide bonds. The maximum atomic E-state index is 5.49. The van der Waals surface area contributed by atoms with Crippen LogP contribution in [0.1, 0.15) is 12.7 Å². The molecule has 0 radical (unpaired) electrons. The molecule has 2 rings (SSSR count). The van der Waals surface area contributed by atoms with Crippen molar-refractivity contribution in [3.05, 3.63) is 17.9 Å². The molecule has 1 aromatic heterocycles. The van der Waals surface area contributed by atoms with Gasteiger partial charge in [0.1, 0.15) is 5.76 Å². The second kappa shape index (κ2) is 6.07. The summed E-state index contributed by atoms with van der Waals surface area (Å²) in [6, 6.07) is 3.98. The lowest BCUT2D eigenvalue weighted by molar-refractivity contribution is 0.214. The Labute approximate surface area is 103 Å². The van der Waals surface area contributed by atoms with E-state index in [4.69, 9.17) is 4.42 Å². The van der Waals surface area contributed by atoms with Gasteiger partial charge in [0.05, 0.1) is 0 Å². The molecule has 0 aliphatic carbocycles. The Bertz CT molecular complexity index is 331. The maximum Gasteiger partial charge on any atom is 0.193 e. The Kier molecular flexibility index (Phi) is 4.45. The zero-order chi connectivity index (χ0) is 12.1. The number of aryl methyl sites for hydroxylation is 1. The Morgan fingerprint density at radius 1 is 1.41 bits per heavy atom. The highest BCUT2D eigenvalue weighted by atomic mass is 16.4. The Balaban J connectivity index is 1.68. The molecule has 1 fully saturated rings.